The summed E-state index contributed by atoms with van der Waals surface area (Å²) in [7, 11) is 0. The molecule has 1 amide bonds. The van der Waals surface area contributed by atoms with E-state index in [4.69, 9.17) is 15.6 Å². The molecule has 1 saturated heterocycles. The minimum atomic E-state index is 0.0472. The van der Waals surface area contributed by atoms with Gasteiger partial charge in [0.15, 0.2) is 0 Å². The highest BCUT2D eigenvalue weighted by Gasteiger charge is 2.24. The SMILES string of the molecule is NCCc1ccccc1C(=O)N1CCC(OCCO)CC1. The summed E-state index contributed by atoms with van der Waals surface area (Å²) >= 11 is 0. The van der Waals surface area contributed by atoms with Crippen LogP contribution < -0.4 is 5.73 Å². The number of piperidine rings is 1. The molecular weight excluding hydrogens is 268 g/mol. The molecule has 1 aliphatic heterocycles. The zero-order chi connectivity index (χ0) is 15.1. The van der Waals surface area contributed by atoms with E-state index in [-0.39, 0.29) is 18.6 Å². The van der Waals surface area contributed by atoms with Crippen LogP contribution in [0.15, 0.2) is 24.3 Å². The number of ether oxygens (including phenoxy) is 1. The van der Waals surface area contributed by atoms with Crippen molar-refractivity contribution in [2.24, 2.45) is 5.73 Å². The zero-order valence-corrected chi connectivity index (χ0v) is 12.3. The lowest BCUT2D eigenvalue weighted by Crippen LogP contribution is -2.41. The summed E-state index contributed by atoms with van der Waals surface area (Å²) in [4.78, 5) is 14.5. The topological polar surface area (TPSA) is 75.8 Å². The normalized spacial score (nSPS) is 16.2. The van der Waals surface area contributed by atoms with Crippen molar-refractivity contribution in [3.63, 3.8) is 0 Å². The van der Waals surface area contributed by atoms with Crippen LogP contribution in [-0.4, -0.2) is 54.9 Å². The van der Waals surface area contributed by atoms with E-state index in [1.165, 1.54) is 0 Å². The quantitative estimate of drug-likeness (QED) is 0.813. The van der Waals surface area contributed by atoms with E-state index >= 15 is 0 Å². The van der Waals surface area contributed by atoms with Gasteiger partial charge in [-0.25, -0.2) is 0 Å². The monoisotopic (exact) mass is 292 g/mol. The highest BCUT2D eigenvalue weighted by atomic mass is 16.5. The number of rotatable bonds is 6. The van der Waals surface area contributed by atoms with Crippen molar-refractivity contribution in [2.75, 3.05) is 32.8 Å². The van der Waals surface area contributed by atoms with Crippen molar-refractivity contribution in [1.29, 1.82) is 0 Å². The van der Waals surface area contributed by atoms with Gasteiger partial charge in [-0.05, 0) is 37.4 Å². The average Bonchev–Trinajstić information content (AvgIpc) is 2.53. The minimum Gasteiger partial charge on any atom is -0.394 e. The van der Waals surface area contributed by atoms with Crippen LogP contribution in [0.2, 0.25) is 0 Å². The Kier molecular flexibility index (Phi) is 6.17. The molecule has 0 radical (unpaired) electrons. The van der Waals surface area contributed by atoms with E-state index in [1.54, 1.807) is 0 Å². The maximum absolute atomic E-state index is 12.6. The molecule has 1 heterocycles. The first-order chi connectivity index (χ1) is 10.3. The third-order valence-electron chi connectivity index (χ3n) is 3.84. The van der Waals surface area contributed by atoms with Crippen LogP contribution in [0.5, 0.6) is 0 Å². The first kappa shape index (κ1) is 15.9. The van der Waals surface area contributed by atoms with Crippen molar-refractivity contribution in [3.8, 4) is 0 Å². The Morgan fingerprint density at radius 3 is 2.71 bits per heavy atom. The molecule has 116 valence electrons. The maximum Gasteiger partial charge on any atom is 0.254 e. The Labute approximate surface area is 125 Å². The molecule has 1 aromatic rings. The molecule has 1 fully saturated rings. The predicted molar refractivity (Wildman–Crippen MR) is 81.2 cm³/mol. The Bertz CT molecular complexity index is 457. The first-order valence-corrected chi connectivity index (χ1v) is 7.56. The van der Waals surface area contributed by atoms with Gasteiger partial charge in [0.25, 0.3) is 5.91 Å². The lowest BCUT2D eigenvalue weighted by atomic mass is 10.0. The van der Waals surface area contributed by atoms with Gasteiger partial charge >= 0.3 is 0 Å². The van der Waals surface area contributed by atoms with Gasteiger partial charge in [-0.1, -0.05) is 18.2 Å². The minimum absolute atomic E-state index is 0.0472. The fraction of sp³-hybridized carbons (Fsp3) is 0.562. The predicted octanol–water partition coefficient (Wildman–Crippen LogP) is 0.801. The van der Waals surface area contributed by atoms with Gasteiger partial charge in [0, 0.05) is 18.7 Å². The van der Waals surface area contributed by atoms with Crippen LogP contribution in [0.3, 0.4) is 0 Å². The van der Waals surface area contributed by atoms with Gasteiger partial charge in [-0.2, -0.15) is 0 Å². The van der Waals surface area contributed by atoms with Crippen LogP contribution in [0.4, 0.5) is 0 Å². The maximum atomic E-state index is 12.6. The van der Waals surface area contributed by atoms with E-state index in [2.05, 4.69) is 0 Å². The molecule has 0 unspecified atom stereocenters. The first-order valence-electron chi connectivity index (χ1n) is 7.56. The summed E-state index contributed by atoms with van der Waals surface area (Å²) in [6, 6.07) is 7.68. The lowest BCUT2D eigenvalue weighted by molar-refractivity contribution is -0.00555. The average molecular weight is 292 g/mol. The number of benzene rings is 1. The Hall–Kier alpha value is -1.43. The number of carbonyl (C=O) groups excluding carboxylic acids is 1. The summed E-state index contributed by atoms with van der Waals surface area (Å²) in [5, 5.41) is 8.77. The van der Waals surface area contributed by atoms with E-state index in [0.29, 0.717) is 26.2 Å². The van der Waals surface area contributed by atoms with E-state index in [1.807, 2.05) is 29.2 Å². The largest absolute Gasteiger partial charge is 0.394 e. The fourth-order valence-electron chi connectivity index (χ4n) is 2.72. The molecule has 0 bridgehead atoms. The van der Waals surface area contributed by atoms with Crippen molar-refractivity contribution >= 4 is 5.91 Å². The number of aliphatic hydroxyl groups is 1. The Morgan fingerprint density at radius 2 is 2.05 bits per heavy atom. The number of likely N-dealkylation sites (tertiary alicyclic amines) is 1. The van der Waals surface area contributed by atoms with Gasteiger partial charge in [0.05, 0.1) is 19.3 Å². The number of hydrogen-bond donors (Lipinski definition) is 2. The third-order valence-corrected chi connectivity index (χ3v) is 3.84. The van der Waals surface area contributed by atoms with Crippen LogP contribution in [-0.2, 0) is 11.2 Å². The van der Waals surface area contributed by atoms with Gasteiger partial charge in [0.1, 0.15) is 0 Å². The van der Waals surface area contributed by atoms with Gasteiger partial charge in [-0.15, -0.1) is 0 Å². The third kappa shape index (κ3) is 4.27. The number of hydrogen-bond acceptors (Lipinski definition) is 4. The molecule has 3 N–H and O–H groups in total. The number of nitrogens with zero attached hydrogens (tertiary/aromatic N) is 1. The van der Waals surface area contributed by atoms with Crippen LogP contribution in [0.25, 0.3) is 0 Å². The Morgan fingerprint density at radius 1 is 1.33 bits per heavy atom. The van der Waals surface area contributed by atoms with Crippen LogP contribution >= 0.6 is 0 Å². The van der Waals surface area contributed by atoms with Crippen molar-refractivity contribution in [2.45, 2.75) is 25.4 Å². The highest BCUT2D eigenvalue weighted by molar-refractivity contribution is 5.95. The standard InChI is InChI=1S/C16H24N2O3/c17-8-5-13-3-1-2-4-15(13)16(20)18-9-6-14(7-10-18)21-12-11-19/h1-4,14,19H,5-12,17H2. The summed E-state index contributed by atoms with van der Waals surface area (Å²) in [6.45, 7) is 2.36. The molecule has 0 spiro atoms. The number of carbonyl (C=O) groups is 1. The van der Waals surface area contributed by atoms with Gasteiger partial charge in [-0.3, -0.25) is 4.79 Å². The molecule has 0 saturated carbocycles. The van der Waals surface area contributed by atoms with Crippen LogP contribution in [0, 0.1) is 0 Å². The van der Waals surface area contributed by atoms with Crippen LogP contribution in [0.1, 0.15) is 28.8 Å². The molecule has 1 aromatic carbocycles. The van der Waals surface area contributed by atoms with Gasteiger partial charge in [0.2, 0.25) is 0 Å². The summed E-state index contributed by atoms with van der Waals surface area (Å²) in [5.41, 5.74) is 7.39. The molecule has 2 rings (SSSR count). The second-order valence-corrected chi connectivity index (χ2v) is 5.28. The number of aliphatic hydroxyl groups excluding tert-OH is 1. The van der Waals surface area contributed by atoms with Crippen molar-refractivity contribution in [1.82, 2.24) is 4.90 Å². The summed E-state index contributed by atoms with van der Waals surface area (Å²) in [5.74, 6) is 0.0830. The van der Waals surface area contributed by atoms with Crippen molar-refractivity contribution in [3.05, 3.63) is 35.4 Å². The molecule has 5 nitrogen and oxygen atoms in total. The number of nitrogens with two attached hydrogens (primary N) is 1. The zero-order valence-electron chi connectivity index (χ0n) is 12.3. The molecule has 0 atom stereocenters. The fourth-order valence-corrected chi connectivity index (χ4v) is 2.72. The van der Waals surface area contributed by atoms with E-state index in [9.17, 15) is 4.79 Å². The van der Waals surface area contributed by atoms with Crippen molar-refractivity contribution < 1.29 is 14.6 Å². The molecule has 0 aliphatic carbocycles. The summed E-state index contributed by atoms with van der Waals surface area (Å²) < 4.78 is 5.52. The van der Waals surface area contributed by atoms with E-state index < -0.39 is 0 Å². The lowest BCUT2D eigenvalue weighted by Gasteiger charge is -2.32. The molecule has 5 heteroatoms. The van der Waals surface area contributed by atoms with Gasteiger partial charge < -0.3 is 20.5 Å². The second kappa shape index (κ2) is 8.12. The second-order valence-electron chi connectivity index (χ2n) is 5.28. The van der Waals surface area contributed by atoms with E-state index in [0.717, 1.165) is 30.4 Å². The smallest absolute Gasteiger partial charge is 0.254 e. The molecule has 0 aromatic heterocycles. The summed E-state index contributed by atoms with van der Waals surface area (Å²) in [6.07, 6.45) is 2.52. The molecular formula is C16H24N2O3. The number of amides is 1. The molecule has 1 aliphatic rings. The molecule has 21 heavy (non-hydrogen) atoms. The Balaban J connectivity index is 1.96. The highest BCUT2D eigenvalue weighted by Crippen LogP contribution is 2.18.